The summed E-state index contributed by atoms with van der Waals surface area (Å²) >= 11 is 7.82. The Kier molecular flexibility index (Phi) is 3.62. The second-order valence-corrected chi connectivity index (χ2v) is 3.44. The number of alkyl halides is 1. The quantitative estimate of drug-likeness (QED) is 0.635. The first-order valence-corrected chi connectivity index (χ1v) is 5.07. The summed E-state index contributed by atoms with van der Waals surface area (Å²) in [5.41, 5.74) is 6.38. The van der Waals surface area contributed by atoms with Gasteiger partial charge in [-0.15, -0.1) is 0 Å². The zero-order chi connectivity index (χ0) is 9.84. The maximum Gasteiger partial charge on any atom is 0.168 e. The largest absolute Gasteiger partial charge is 0.376 e. The fourth-order valence-electron chi connectivity index (χ4n) is 0.876. The Morgan fingerprint density at radius 3 is 2.77 bits per heavy atom. The molecule has 0 heterocycles. The van der Waals surface area contributed by atoms with E-state index in [-0.39, 0.29) is 10.9 Å². The van der Waals surface area contributed by atoms with Crippen molar-refractivity contribution < 1.29 is 4.39 Å². The van der Waals surface area contributed by atoms with Gasteiger partial charge in [0.15, 0.2) is 5.11 Å². The molecule has 0 fully saturated rings. The summed E-state index contributed by atoms with van der Waals surface area (Å²) in [5.74, 6) is -0.357. The lowest BCUT2D eigenvalue weighted by Crippen LogP contribution is -2.19. The van der Waals surface area contributed by atoms with Gasteiger partial charge in [-0.25, -0.2) is 4.39 Å². The number of benzene rings is 1. The zero-order valence-electron chi connectivity index (χ0n) is 6.68. The van der Waals surface area contributed by atoms with Crippen molar-refractivity contribution in [3.63, 3.8) is 0 Å². The van der Waals surface area contributed by atoms with Crippen LogP contribution in [0.15, 0.2) is 18.2 Å². The smallest absolute Gasteiger partial charge is 0.168 e. The zero-order valence-corrected chi connectivity index (χ0v) is 9.08. The molecule has 0 amide bonds. The van der Waals surface area contributed by atoms with Crippen LogP contribution >= 0.6 is 28.1 Å². The molecule has 0 spiro atoms. The van der Waals surface area contributed by atoms with Gasteiger partial charge in [0.2, 0.25) is 0 Å². The molecule has 1 rings (SSSR count). The van der Waals surface area contributed by atoms with Crippen LogP contribution < -0.4 is 11.1 Å². The minimum Gasteiger partial charge on any atom is -0.376 e. The summed E-state index contributed by atoms with van der Waals surface area (Å²) in [5, 5.41) is 3.23. The Morgan fingerprint density at radius 1 is 1.62 bits per heavy atom. The SMILES string of the molecule is NC(=S)Nc1ccc(CBr)cc1F. The molecule has 0 unspecified atom stereocenters. The molecule has 3 N–H and O–H groups in total. The van der Waals surface area contributed by atoms with Gasteiger partial charge >= 0.3 is 0 Å². The van der Waals surface area contributed by atoms with Crippen LogP contribution in [0.2, 0.25) is 0 Å². The predicted octanol–water partition coefficient (Wildman–Crippen LogP) is 2.38. The monoisotopic (exact) mass is 262 g/mol. The van der Waals surface area contributed by atoms with Crippen LogP contribution in [0.4, 0.5) is 10.1 Å². The molecule has 0 bridgehead atoms. The van der Waals surface area contributed by atoms with Gasteiger partial charge in [0.25, 0.3) is 0 Å². The van der Waals surface area contributed by atoms with E-state index >= 15 is 0 Å². The summed E-state index contributed by atoms with van der Waals surface area (Å²) in [4.78, 5) is 0. The summed E-state index contributed by atoms with van der Waals surface area (Å²) in [7, 11) is 0. The Labute approximate surface area is 89.4 Å². The Bertz CT molecular complexity index is 330. The van der Waals surface area contributed by atoms with E-state index in [1.54, 1.807) is 12.1 Å². The van der Waals surface area contributed by atoms with E-state index in [1.165, 1.54) is 6.07 Å². The van der Waals surface area contributed by atoms with Crippen molar-refractivity contribution in [3.8, 4) is 0 Å². The summed E-state index contributed by atoms with van der Waals surface area (Å²) in [6.45, 7) is 0. The molecule has 0 saturated carbocycles. The molecule has 0 aliphatic carbocycles. The van der Waals surface area contributed by atoms with Crippen LogP contribution in [0, 0.1) is 5.82 Å². The van der Waals surface area contributed by atoms with Crippen molar-refractivity contribution in [2.45, 2.75) is 5.33 Å². The van der Waals surface area contributed by atoms with Crippen molar-refractivity contribution in [2.24, 2.45) is 5.73 Å². The molecule has 2 nitrogen and oxygen atoms in total. The van der Waals surface area contributed by atoms with Crippen molar-refractivity contribution in [2.75, 3.05) is 5.32 Å². The first kappa shape index (κ1) is 10.4. The van der Waals surface area contributed by atoms with E-state index in [9.17, 15) is 4.39 Å². The van der Waals surface area contributed by atoms with Crippen LogP contribution in [0.5, 0.6) is 0 Å². The lowest BCUT2D eigenvalue weighted by molar-refractivity contribution is 0.631. The molecule has 1 aromatic carbocycles. The molecular formula is C8H8BrFN2S. The summed E-state index contributed by atoms with van der Waals surface area (Å²) in [6.07, 6.45) is 0. The van der Waals surface area contributed by atoms with Crippen LogP contribution in [-0.4, -0.2) is 5.11 Å². The number of hydrogen-bond donors (Lipinski definition) is 2. The molecule has 0 saturated heterocycles. The van der Waals surface area contributed by atoms with Gasteiger partial charge in [-0.2, -0.15) is 0 Å². The molecule has 1 aromatic rings. The summed E-state index contributed by atoms with van der Waals surface area (Å²) in [6, 6.07) is 4.82. The standard InChI is InChI=1S/C8H8BrFN2S/c9-4-5-1-2-7(6(10)3-5)12-8(11)13/h1-3H,4H2,(H3,11,12,13). The van der Waals surface area contributed by atoms with Gasteiger partial charge in [0.1, 0.15) is 5.82 Å². The van der Waals surface area contributed by atoms with Gasteiger partial charge in [-0.1, -0.05) is 22.0 Å². The van der Waals surface area contributed by atoms with Crippen molar-refractivity contribution in [1.29, 1.82) is 0 Å². The number of nitrogens with one attached hydrogen (secondary N) is 1. The maximum absolute atomic E-state index is 13.2. The van der Waals surface area contributed by atoms with Crippen LogP contribution in [0.3, 0.4) is 0 Å². The second-order valence-electron chi connectivity index (χ2n) is 2.44. The minimum absolute atomic E-state index is 0.0606. The Balaban J connectivity index is 2.91. The third kappa shape index (κ3) is 2.93. The average Bonchev–Trinajstić information content (AvgIpc) is 2.08. The van der Waals surface area contributed by atoms with Gasteiger partial charge in [0.05, 0.1) is 5.69 Å². The first-order valence-electron chi connectivity index (χ1n) is 3.54. The first-order chi connectivity index (χ1) is 6.13. The number of thiocarbonyl (C=S) groups is 1. The Morgan fingerprint density at radius 2 is 2.31 bits per heavy atom. The number of hydrogen-bond acceptors (Lipinski definition) is 1. The molecule has 0 aliphatic rings. The molecule has 70 valence electrons. The van der Waals surface area contributed by atoms with Gasteiger partial charge < -0.3 is 11.1 Å². The Hall–Kier alpha value is -0.680. The highest BCUT2D eigenvalue weighted by Gasteiger charge is 2.02. The van der Waals surface area contributed by atoms with E-state index in [2.05, 4.69) is 33.5 Å². The van der Waals surface area contributed by atoms with Crippen LogP contribution in [0.25, 0.3) is 0 Å². The maximum atomic E-state index is 13.2. The van der Waals surface area contributed by atoms with Crippen molar-refractivity contribution >= 4 is 38.9 Å². The third-order valence-electron chi connectivity index (χ3n) is 1.45. The lowest BCUT2D eigenvalue weighted by Gasteiger charge is -2.05. The van der Waals surface area contributed by atoms with Gasteiger partial charge in [-0.05, 0) is 29.9 Å². The van der Waals surface area contributed by atoms with E-state index in [0.717, 1.165) is 5.56 Å². The van der Waals surface area contributed by atoms with Crippen molar-refractivity contribution in [3.05, 3.63) is 29.6 Å². The number of rotatable bonds is 2. The second kappa shape index (κ2) is 4.53. The third-order valence-corrected chi connectivity index (χ3v) is 2.20. The molecule has 0 aromatic heterocycles. The molecule has 0 atom stereocenters. The highest BCUT2D eigenvalue weighted by Crippen LogP contribution is 2.16. The van der Waals surface area contributed by atoms with E-state index in [0.29, 0.717) is 11.0 Å². The highest BCUT2D eigenvalue weighted by atomic mass is 79.9. The lowest BCUT2D eigenvalue weighted by atomic mass is 10.2. The number of nitrogens with two attached hydrogens (primary N) is 1. The number of halogens is 2. The number of anilines is 1. The van der Waals surface area contributed by atoms with Crippen LogP contribution in [0.1, 0.15) is 5.56 Å². The van der Waals surface area contributed by atoms with Crippen molar-refractivity contribution in [1.82, 2.24) is 0 Å². The average molecular weight is 263 g/mol. The van der Waals surface area contributed by atoms with Gasteiger partial charge in [0, 0.05) is 5.33 Å². The fraction of sp³-hybridized carbons (Fsp3) is 0.125. The molecule has 0 aliphatic heterocycles. The molecule has 13 heavy (non-hydrogen) atoms. The molecule has 5 heteroatoms. The van der Waals surface area contributed by atoms with E-state index in [1.807, 2.05) is 0 Å². The van der Waals surface area contributed by atoms with E-state index < -0.39 is 0 Å². The normalized spacial score (nSPS) is 9.69. The fourth-order valence-corrected chi connectivity index (χ4v) is 1.33. The van der Waals surface area contributed by atoms with Gasteiger partial charge in [-0.3, -0.25) is 0 Å². The minimum atomic E-state index is -0.357. The molecule has 0 radical (unpaired) electrons. The molecular weight excluding hydrogens is 255 g/mol. The highest BCUT2D eigenvalue weighted by molar-refractivity contribution is 9.08. The predicted molar refractivity (Wildman–Crippen MR) is 59.4 cm³/mol. The topological polar surface area (TPSA) is 38.0 Å². The van der Waals surface area contributed by atoms with Crippen LogP contribution in [-0.2, 0) is 5.33 Å². The van der Waals surface area contributed by atoms with E-state index in [4.69, 9.17) is 5.73 Å². The summed E-state index contributed by atoms with van der Waals surface area (Å²) < 4.78 is 13.2.